The Morgan fingerprint density at radius 2 is 2.24 bits per heavy atom. The van der Waals surface area contributed by atoms with Gasteiger partial charge in [-0.05, 0) is 37.6 Å². The molecular formula is C13H13FN2O. The first-order chi connectivity index (χ1) is 8.11. The SMILES string of the molecule is CCn1cc(-c2cc(F)ccc2C(C)=O)cn1. The zero-order valence-electron chi connectivity index (χ0n) is 9.77. The van der Waals surface area contributed by atoms with E-state index in [-0.39, 0.29) is 11.6 Å². The fourth-order valence-electron chi connectivity index (χ4n) is 1.74. The zero-order chi connectivity index (χ0) is 12.4. The van der Waals surface area contributed by atoms with E-state index in [2.05, 4.69) is 5.10 Å². The second-order valence-electron chi connectivity index (χ2n) is 3.83. The van der Waals surface area contributed by atoms with Gasteiger partial charge in [0.25, 0.3) is 0 Å². The number of hydrogen-bond acceptors (Lipinski definition) is 2. The quantitative estimate of drug-likeness (QED) is 0.762. The monoisotopic (exact) mass is 232 g/mol. The fraction of sp³-hybridized carbons (Fsp3) is 0.231. The van der Waals surface area contributed by atoms with E-state index in [9.17, 15) is 9.18 Å². The molecule has 0 fully saturated rings. The van der Waals surface area contributed by atoms with Crippen LogP contribution in [0.25, 0.3) is 11.1 Å². The van der Waals surface area contributed by atoms with Crippen LogP contribution in [0.1, 0.15) is 24.2 Å². The lowest BCUT2D eigenvalue weighted by molar-refractivity contribution is 0.101. The van der Waals surface area contributed by atoms with Gasteiger partial charge in [0.2, 0.25) is 0 Å². The number of aromatic nitrogens is 2. The van der Waals surface area contributed by atoms with Crippen molar-refractivity contribution in [2.45, 2.75) is 20.4 Å². The molecule has 2 rings (SSSR count). The molecule has 0 amide bonds. The Morgan fingerprint density at radius 1 is 1.47 bits per heavy atom. The Labute approximate surface area is 98.9 Å². The number of nitrogens with zero attached hydrogens (tertiary/aromatic N) is 2. The van der Waals surface area contributed by atoms with Crippen molar-refractivity contribution in [3.8, 4) is 11.1 Å². The van der Waals surface area contributed by atoms with Gasteiger partial charge in [-0.2, -0.15) is 5.10 Å². The van der Waals surface area contributed by atoms with Gasteiger partial charge >= 0.3 is 0 Å². The highest BCUT2D eigenvalue weighted by Crippen LogP contribution is 2.24. The molecule has 0 saturated carbocycles. The molecule has 1 aromatic carbocycles. The highest BCUT2D eigenvalue weighted by atomic mass is 19.1. The number of rotatable bonds is 3. The van der Waals surface area contributed by atoms with Gasteiger partial charge in [0, 0.05) is 23.9 Å². The van der Waals surface area contributed by atoms with E-state index in [0.717, 1.165) is 12.1 Å². The molecule has 0 aliphatic heterocycles. The molecule has 0 aliphatic rings. The van der Waals surface area contributed by atoms with E-state index in [1.54, 1.807) is 17.1 Å². The van der Waals surface area contributed by atoms with Crippen molar-refractivity contribution in [1.29, 1.82) is 0 Å². The van der Waals surface area contributed by atoms with Crippen LogP contribution in [0.3, 0.4) is 0 Å². The van der Waals surface area contributed by atoms with Gasteiger partial charge in [0.15, 0.2) is 5.78 Å². The van der Waals surface area contributed by atoms with Crippen molar-refractivity contribution >= 4 is 5.78 Å². The van der Waals surface area contributed by atoms with Crippen LogP contribution in [0.15, 0.2) is 30.6 Å². The third kappa shape index (κ3) is 2.25. The van der Waals surface area contributed by atoms with Gasteiger partial charge in [-0.3, -0.25) is 9.48 Å². The third-order valence-corrected chi connectivity index (χ3v) is 2.63. The Morgan fingerprint density at radius 3 is 2.82 bits per heavy atom. The predicted molar refractivity (Wildman–Crippen MR) is 63.3 cm³/mol. The molecule has 3 nitrogen and oxygen atoms in total. The number of carbonyl (C=O) groups is 1. The molecule has 1 heterocycles. The van der Waals surface area contributed by atoms with Crippen LogP contribution in [0.2, 0.25) is 0 Å². The Balaban J connectivity index is 2.56. The van der Waals surface area contributed by atoms with E-state index in [4.69, 9.17) is 0 Å². The van der Waals surface area contributed by atoms with Crippen molar-refractivity contribution in [3.05, 3.63) is 42.0 Å². The maximum Gasteiger partial charge on any atom is 0.160 e. The van der Waals surface area contributed by atoms with Crippen molar-refractivity contribution < 1.29 is 9.18 Å². The van der Waals surface area contributed by atoms with Crippen molar-refractivity contribution in [3.63, 3.8) is 0 Å². The largest absolute Gasteiger partial charge is 0.294 e. The smallest absolute Gasteiger partial charge is 0.160 e. The molecule has 0 unspecified atom stereocenters. The van der Waals surface area contributed by atoms with E-state index >= 15 is 0 Å². The first-order valence-corrected chi connectivity index (χ1v) is 5.45. The van der Waals surface area contributed by atoms with Crippen molar-refractivity contribution in [2.75, 3.05) is 0 Å². The average Bonchev–Trinajstić information content (AvgIpc) is 2.76. The summed E-state index contributed by atoms with van der Waals surface area (Å²) in [4.78, 5) is 11.5. The first-order valence-electron chi connectivity index (χ1n) is 5.45. The van der Waals surface area contributed by atoms with E-state index in [1.807, 2.05) is 6.92 Å². The minimum atomic E-state index is -0.353. The summed E-state index contributed by atoms with van der Waals surface area (Å²) in [7, 11) is 0. The molecular weight excluding hydrogens is 219 g/mol. The van der Waals surface area contributed by atoms with Crippen LogP contribution in [-0.4, -0.2) is 15.6 Å². The number of carbonyl (C=O) groups excluding carboxylic acids is 1. The Bertz CT molecular complexity index is 560. The standard InChI is InChI=1S/C13H13FN2O/c1-3-16-8-10(7-15-16)13-6-11(14)4-5-12(13)9(2)17/h4-8H,3H2,1-2H3. The van der Waals surface area contributed by atoms with Gasteiger partial charge in [-0.25, -0.2) is 4.39 Å². The Hall–Kier alpha value is -1.97. The summed E-state index contributed by atoms with van der Waals surface area (Å²) in [6.45, 7) is 4.18. The highest BCUT2D eigenvalue weighted by molar-refractivity contribution is 6.00. The number of aryl methyl sites for hydroxylation is 1. The summed E-state index contributed by atoms with van der Waals surface area (Å²) < 4.78 is 15.0. The van der Waals surface area contributed by atoms with Gasteiger partial charge in [-0.1, -0.05) is 0 Å². The van der Waals surface area contributed by atoms with E-state index < -0.39 is 0 Å². The van der Waals surface area contributed by atoms with Crippen LogP contribution in [0, 0.1) is 5.82 Å². The fourth-order valence-corrected chi connectivity index (χ4v) is 1.74. The third-order valence-electron chi connectivity index (χ3n) is 2.63. The second kappa shape index (κ2) is 4.49. The molecule has 88 valence electrons. The van der Waals surface area contributed by atoms with Crippen molar-refractivity contribution in [1.82, 2.24) is 9.78 Å². The molecule has 2 aromatic rings. The second-order valence-corrected chi connectivity index (χ2v) is 3.83. The zero-order valence-corrected chi connectivity index (χ0v) is 9.77. The van der Waals surface area contributed by atoms with Crippen LogP contribution < -0.4 is 0 Å². The highest BCUT2D eigenvalue weighted by Gasteiger charge is 2.11. The topological polar surface area (TPSA) is 34.9 Å². The summed E-state index contributed by atoms with van der Waals surface area (Å²) >= 11 is 0. The summed E-state index contributed by atoms with van der Waals surface area (Å²) in [5.74, 6) is -0.432. The number of halogens is 1. The predicted octanol–water partition coefficient (Wildman–Crippen LogP) is 2.91. The summed E-state index contributed by atoms with van der Waals surface area (Å²) in [6, 6.07) is 4.18. The molecule has 17 heavy (non-hydrogen) atoms. The average molecular weight is 232 g/mol. The minimum absolute atomic E-state index is 0.0794. The first kappa shape index (κ1) is 11.5. The molecule has 0 atom stereocenters. The van der Waals surface area contributed by atoms with Crippen LogP contribution in [0.5, 0.6) is 0 Å². The van der Waals surface area contributed by atoms with E-state index in [1.165, 1.54) is 25.1 Å². The molecule has 0 bridgehead atoms. The lowest BCUT2D eigenvalue weighted by Crippen LogP contribution is -1.96. The maximum absolute atomic E-state index is 13.2. The molecule has 1 aromatic heterocycles. The van der Waals surface area contributed by atoms with Gasteiger partial charge in [-0.15, -0.1) is 0 Å². The number of hydrogen-bond donors (Lipinski definition) is 0. The number of ketones is 1. The molecule has 4 heteroatoms. The molecule has 0 N–H and O–H groups in total. The van der Waals surface area contributed by atoms with Crippen LogP contribution in [-0.2, 0) is 6.54 Å². The molecule has 0 aliphatic carbocycles. The summed E-state index contributed by atoms with van der Waals surface area (Å²) in [6.07, 6.45) is 3.45. The van der Waals surface area contributed by atoms with E-state index in [0.29, 0.717) is 11.1 Å². The van der Waals surface area contributed by atoms with Gasteiger partial charge in [0.1, 0.15) is 5.82 Å². The van der Waals surface area contributed by atoms with Crippen molar-refractivity contribution in [2.24, 2.45) is 0 Å². The van der Waals surface area contributed by atoms with Crippen LogP contribution in [0.4, 0.5) is 4.39 Å². The minimum Gasteiger partial charge on any atom is -0.294 e. The van der Waals surface area contributed by atoms with Gasteiger partial charge < -0.3 is 0 Å². The maximum atomic E-state index is 13.2. The molecule has 0 saturated heterocycles. The summed E-state index contributed by atoms with van der Waals surface area (Å²) in [5, 5.41) is 4.12. The lowest BCUT2D eigenvalue weighted by atomic mass is 10.00. The normalized spacial score (nSPS) is 10.5. The van der Waals surface area contributed by atoms with Crippen LogP contribution >= 0.6 is 0 Å². The number of benzene rings is 1. The Kier molecular flexibility index (Phi) is 3.04. The number of Topliss-reactive ketones (excluding diaryl/α,β-unsaturated/α-hetero) is 1. The molecule has 0 spiro atoms. The summed E-state index contributed by atoms with van der Waals surface area (Å²) in [5.41, 5.74) is 1.87. The molecule has 0 radical (unpaired) electrons. The van der Waals surface area contributed by atoms with Gasteiger partial charge in [0.05, 0.1) is 6.20 Å². The lowest BCUT2D eigenvalue weighted by Gasteiger charge is -2.04.